The summed E-state index contributed by atoms with van der Waals surface area (Å²) in [5, 5.41) is 5.45. The summed E-state index contributed by atoms with van der Waals surface area (Å²) in [5.74, 6) is -0.753. The fourth-order valence-corrected chi connectivity index (χ4v) is 5.18. The molecule has 1 aliphatic carbocycles. The van der Waals surface area contributed by atoms with Crippen molar-refractivity contribution in [2.45, 2.75) is 63.3 Å². The molecule has 7 nitrogen and oxygen atoms in total. The van der Waals surface area contributed by atoms with Gasteiger partial charge in [0.1, 0.15) is 16.8 Å². The molecule has 3 N–H and O–H groups in total. The Morgan fingerprint density at radius 1 is 1.19 bits per heavy atom. The van der Waals surface area contributed by atoms with Crippen molar-refractivity contribution in [3.05, 3.63) is 29.0 Å². The number of halogens is 2. The quantitative estimate of drug-likeness (QED) is 0.428. The number of carbonyl (C=O) groups is 2. The summed E-state index contributed by atoms with van der Waals surface area (Å²) in [6, 6.07) is 2.45. The number of benzene rings is 1. The van der Waals surface area contributed by atoms with Gasteiger partial charge in [0.15, 0.2) is 0 Å². The van der Waals surface area contributed by atoms with Crippen LogP contribution in [0.1, 0.15) is 52.4 Å². The van der Waals surface area contributed by atoms with Crippen molar-refractivity contribution in [2.24, 2.45) is 11.8 Å². The van der Waals surface area contributed by atoms with E-state index in [0.29, 0.717) is 12.8 Å². The molecule has 0 aliphatic heterocycles. The highest BCUT2D eigenvalue weighted by Gasteiger charge is 2.28. The monoisotopic (exact) mass is 475 g/mol. The van der Waals surface area contributed by atoms with Crippen LogP contribution in [0.4, 0.5) is 4.39 Å². The first-order chi connectivity index (χ1) is 14.6. The van der Waals surface area contributed by atoms with E-state index in [9.17, 15) is 22.4 Å². The van der Waals surface area contributed by atoms with Crippen LogP contribution in [0.5, 0.6) is 0 Å². The molecule has 31 heavy (non-hydrogen) atoms. The summed E-state index contributed by atoms with van der Waals surface area (Å²) < 4.78 is 40.1. The van der Waals surface area contributed by atoms with Gasteiger partial charge in [-0.3, -0.25) is 9.59 Å². The average Bonchev–Trinajstić information content (AvgIpc) is 3.21. The maximum atomic E-state index is 13.1. The molecule has 10 heteroatoms. The molecule has 1 atom stereocenters. The highest BCUT2D eigenvalue weighted by Crippen LogP contribution is 2.25. The Balaban J connectivity index is 1.80. The number of hydrogen-bond acceptors (Lipinski definition) is 4. The highest BCUT2D eigenvalue weighted by molar-refractivity contribution is 7.89. The Morgan fingerprint density at radius 2 is 1.87 bits per heavy atom. The Bertz CT molecular complexity index is 873. The lowest BCUT2D eigenvalue weighted by molar-refractivity contribution is -0.131. The number of hydrogen-bond donors (Lipinski definition) is 3. The molecule has 0 aromatic heterocycles. The maximum Gasteiger partial charge on any atom is 0.242 e. The summed E-state index contributed by atoms with van der Waals surface area (Å²) in [7, 11) is -3.88. The van der Waals surface area contributed by atoms with Crippen LogP contribution in [0, 0.1) is 17.7 Å². The zero-order valence-electron chi connectivity index (χ0n) is 17.9. The number of rotatable bonds is 11. The molecule has 1 aliphatic rings. The van der Waals surface area contributed by atoms with Gasteiger partial charge in [0.2, 0.25) is 21.8 Å². The van der Waals surface area contributed by atoms with Gasteiger partial charge in [0, 0.05) is 19.0 Å². The van der Waals surface area contributed by atoms with Gasteiger partial charge in [0.25, 0.3) is 0 Å². The molecular weight excluding hydrogens is 445 g/mol. The lowest BCUT2D eigenvalue weighted by atomic mass is 10.0. The van der Waals surface area contributed by atoms with Gasteiger partial charge >= 0.3 is 0 Å². The molecule has 1 aromatic rings. The molecular formula is C21H31ClFN3O4S. The van der Waals surface area contributed by atoms with Gasteiger partial charge in [-0.15, -0.1) is 0 Å². The van der Waals surface area contributed by atoms with Gasteiger partial charge in [-0.1, -0.05) is 38.3 Å². The summed E-state index contributed by atoms with van der Waals surface area (Å²) >= 11 is 5.81. The minimum Gasteiger partial charge on any atom is -0.354 e. The third-order valence-electron chi connectivity index (χ3n) is 5.19. The van der Waals surface area contributed by atoms with Crippen molar-refractivity contribution in [1.29, 1.82) is 0 Å². The van der Waals surface area contributed by atoms with E-state index in [1.54, 1.807) is 0 Å². The molecule has 2 amide bonds. The molecule has 1 saturated carbocycles. The Kier molecular flexibility index (Phi) is 9.71. The smallest absolute Gasteiger partial charge is 0.242 e. The first-order valence-electron chi connectivity index (χ1n) is 10.6. The SMILES string of the molecule is CC(C)CC(NC(=O)C1CCCC1)C(=O)NCCCNS(=O)(=O)c1ccc(F)cc1Cl. The topological polar surface area (TPSA) is 104 Å². The first kappa shape index (κ1) is 25.5. The third-order valence-corrected chi connectivity index (χ3v) is 7.14. The minimum atomic E-state index is -3.88. The lowest BCUT2D eigenvalue weighted by Crippen LogP contribution is -2.49. The van der Waals surface area contributed by atoms with Crippen LogP contribution in [0.25, 0.3) is 0 Å². The second kappa shape index (κ2) is 11.8. The van der Waals surface area contributed by atoms with Gasteiger partial charge in [0.05, 0.1) is 5.02 Å². The zero-order valence-corrected chi connectivity index (χ0v) is 19.5. The van der Waals surface area contributed by atoms with E-state index in [2.05, 4.69) is 15.4 Å². The van der Waals surface area contributed by atoms with Crippen molar-refractivity contribution >= 4 is 33.4 Å². The normalized spacial score (nSPS) is 15.8. The van der Waals surface area contributed by atoms with Crippen LogP contribution in [0.2, 0.25) is 5.02 Å². The standard InChI is InChI=1S/C21H31ClFN3O4S/c1-14(2)12-18(26-20(27)15-6-3-4-7-15)21(28)24-10-5-11-25-31(29,30)19-9-8-16(23)13-17(19)22/h8-9,13-15,18,25H,3-7,10-12H2,1-2H3,(H,24,28)(H,26,27). The Hall–Kier alpha value is -1.71. The number of nitrogens with one attached hydrogen (secondary N) is 3. The maximum absolute atomic E-state index is 13.1. The zero-order chi connectivity index (χ0) is 23.0. The van der Waals surface area contributed by atoms with Crippen molar-refractivity contribution < 1.29 is 22.4 Å². The third kappa shape index (κ3) is 8.05. The second-order valence-corrected chi connectivity index (χ2v) is 10.4. The minimum absolute atomic E-state index is 0.0184. The van der Waals surface area contributed by atoms with E-state index in [-0.39, 0.29) is 46.7 Å². The van der Waals surface area contributed by atoms with Crippen LogP contribution in [0.15, 0.2) is 23.1 Å². The van der Waals surface area contributed by atoms with Crippen molar-refractivity contribution in [3.63, 3.8) is 0 Å². The predicted molar refractivity (Wildman–Crippen MR) is 118 cm³/mol. The Morgan fingerprint density at radius 3 is 2.48 bits per heavy atom. The van der Waals surface area contributed by atoms with Crippen LogP contribution >= 0.6 is 11.6 Å². The van der Waals surface area contributed by atoms with E-state index >= 15 is 0 Å². The molecule has 0 radical (unpaired) electrons. The molecule has 0 heterocycles. The molecule has 174 valence electrons. The second-order valence-electron chi connectivity index (χ2n) is 8.29. The molecule has 1 unspecified atom stereocenters. The van der Waals surface area contributed by atoms with Gasteiger partial charge in [-0.05, 0) is 49.8 Å². The summed E-state index contributed by atoms with van der Waals surface area (Å²) in [5.41, 5.74) is 0. The summed E-state index contributed by atoms with van der Waals surface area (Å²) in [6.07, 6.45) is 4.67. The number of amides is 2. The van der Waals surface area contributed by atoms with Crippen molar-refractivity contribution in [1.82, 2.24) is 15.4 Å². The van der Waals surface area contributed by atoms with Crippen molar-refractivity contribution in [3.8, 4) is 0 Å². The molecule has 2 rings (SSSR count). The summed E-state index contributed by atoms with van der Waals surface area (Å²) in [6.45, 7) is 4.28. The van der Waals surface area contributed by atoms with E-state index < -0.39 is 21.9 Å². The van der Waals surface area contributed by atoms with Crippen LogP contribution in [-0.4, -0.2) is 39.4 Å². The van der Waals surface area contributed by atoms with Crippen LogP contribution < -0.4 is 15.4 Å². The fraction of sp³-hybridized carbons (Fsp3) is 0.619. The lowest BCUT2D eigenvalue weighted by Gasteiger charge is -2.22. The van der Waals surface area contributed by atoms with Gasteiger partial charge in [-0.25, -0.2) is 17.5 Å². The van der Waals surface area contributed by atoms with Crippen LogP contribution in [-0.2, 0) is 19.6 Å². The summed E-state index contributed by atoms with van der Waals surface area (Å²) in [4.78, 5) is 24.8. The number of sulfonamides is 1. The Labute approximate surface area is 188 Å². The molecule has 1 aromatic carbocycles. The highest BCUT2D eigenvalue weighted by atomic mass is 35.5. The van der Waals surface area contributed by atoms with Crippen molar-refractivity contribution in [2.75, 3.05) is 13.1 Å². The molecule has 0 saturated heterocycles. The van der Waals surface area contributed by atoms with E-state index in [1.807, 2.05) is 13.8 Å². The van der Waals surface area contributed by atoms with Gasteiger partial charge in [-0.2, -0.15) is 0 Å². The molecule has 0 bridgehead atoms. The van der Waals surface area contributed by atoms with E-state index in [0.717, 1.165) is 43.9 Å². The van der Waals surface area contributed by atoms with E-state index in [1.165, 1.54) is 0 Å². The van der Waals surface area contributed by atoms with Gasteiger partial charge < -0.3 is 10.6 Å². The fourth-order valence-electron chi connectivity index (χ4n) is 3.58. The average molecular weight is 476 g/mol. The predicted octanol–water partition coefficient (Wildman–Crippen LogP) is 2.98. The first-order valence-corrected chi connectivity index (χ1v) is 12.5. The van der Waals surface area contributed by atoms with E-state index in [4.69, 9.17) is 11.6 Å². The number of carbonyl (C=O) groups excluding carboxylic acids is 2. The molecule has 1 fully saturated rings. The van der Waals surface area contributed by atoms with Crippen LogP contribution in [0.3, 0.4) is 0 Å². The largest absolute Gasteiger partial charge is 0.354 e. The molecule has 0 spiro atoms.